The van der Waals surface area contributed by atoms with Crippen molar-refractivity contribution >= 4 is 16.7 Å². The van der Waals surface area contributed by atoms with E-state index in [1.165, 1.54) is 38.2 Å². The van der Waals surface area contributed by atoms with Gasteiger partial charge in [0.15, 0.2) is 0 Å². The van der Waals surface area contributed by atoms with E-state index in [2.05, 4.69) is 22.2 Å². The summed E-state index contributed by atoms with van der Waals surface area (Å²) in [6.07, 6.45) is 1.57. The number of hydrogen-bond donors (Lipinski definition) is 1. The zero-order valence-electron chi connectivity index (χ0n) is 24.1. The summed E-state index contributed by atoms with van der Waals surface area (Å²) in [6, 6.07) is 14.3. The predicted molar refractivity (Wildman–Crippen MR) is 155 cm³/mol. The maximum atomic E-state index is 13.4. The molecule has 220 valence electrons. The molecule has 1 saturated carbocycles. The summed E-state index contributed by atoms with van der Waals surface area (Å²) in [5, 5.41) is 4.49. The molecule has 2 aromatic carbocycles. The van der Waals surface area contributed by atoms with Crippen LogP contribution in [-0.4, -0.2) is 30.6 Å². The van der Waals surface area contributed by atoms with Gasteiger partial charge in [-0.25, -0.2) is 14.4 Å². The largest absolute Gasteiger partial charge is 0.460 e. The second kappa shape index (κ2) is 13.5. The minimum Gasteiger partial charge on any atom is -0.460 e. The number of fused-ring (bicyclic) bond motifs is 1. The number of aromatic nitrogens is 2. The SMILES string of the molecule is C[C@H]1CCCC(CNCc2ccc(-c3ccc(F)c(C(F)(F)F)c3)o2)CC1.Cc1nc(N(C)C)c2ccccc2n1. The van der Waals surface area contributed by atoms with Gasteiger partial charge in [0.1, 0.15) is 29.0 Å². The lowest BCUT2D eigenvalue weighted by Gasteiger charge is -2.14. The third-order valence-corrected chi connectivity index (χ3v) is 7.45. The van der Waals surface area contributed by atoms with Crippen LogP contribution in [0.3, 0.4) is 0 Å². The van der Waals surface area contributed by atoms with Gasteiger partial charge in [-0.15, -0.1) is 0 Å². The molecule has 0 bridgehead atoms. The van der Waals surface area contributed by atoms with Crippen molar-refractivity contribution in [1.82, 2.24) is 15.3 Å². The molecule has 0 amide bonds. The van der Waals surface area contributed by atoms with Crippen molar-refractivity contribution in [2.24, 2.45) is 11.8 Å². The highest BCUT2D eigenvalue weighted by Gasteiger charge is 2.34. The van der Waals surface area contributed by atoms with Gasteiger partial charge in [0, 0.05) is 25.0 Å². The van der Waals surface area contributed by atoms with E-state index in [4.69, 9.17) is 4.42 Å². The molecule has 2 aromatic heterocycles. The Labute approximate surface area is 239 Å². The minimum absolute atomic E-state index is 0.215. The molecule has 1 unspecified atom stereocenters. The number of rotatable bonds is 6. The van der Waals surface area contributed by atoms with E-state index in [0.29, 0.717) is 24.0 Å². The molecule has 0 spiro atoms. The van der Waals surface area contributed by atoms with Gasteiger partial charge in [0.2, 0.25) is 0 Å². The number of anilines is 1. The van der Waals surface area contributed by atoms with E-state index < -0.39 is 17.6 Å². The van der Waals surface area contributed by atoms with Gasteiger partial charge in [0.25, 0.3) is 0 Å². The van der Waals surface area contributed by atoms with Crippen LogP contribution in [0.5, 0.6) is 0 Å². The monoisotopic (exact) mass is 570 g/mol. The van der Waals surface area contributed by atoms with Gasteiger partial charge in [-0.3, -0.25) is 0 Å². The average Bonchev–Trinajstić information content (AvgIpc) is 3.29. The van der Waals surface area contributed by atoms with Crippen LogP contribution in [0.4, 0.5) is 23.4 Å². The first-order valence-corrected chi connectivity index (χ1v) is 14.1. The van der Waals surface area contributed by atoms with Gasteiger partial charge in [-0.1, -0.05) is 38.3 Å². The Morgan fingerprint density at radius 1 is 0.976 bits per heavy atom. The molecular formula is C32H38F4N4O. The molecule has 41 heavy (non-hydrogen) atoms. The summed E-state index contributed by atoms with van der Waals surface area (Å²) in [5.41, 5.74) is -0.0601. The van der Waals surface area contributed by atoms with E-state index in [-0.39, 0.29) is 5.56 Å². The highest BCUT2D eigenvalue weighted by atomic mass is 19.4. The number of benzene rings is 2. The summed E-state index contributed by atoms with van der Waals surface area (Å²) in [7, 11) is 3.99. The lowest BCUT2D eigenvalue weighted by atomic mass is 9.99. The maximum Gasteiger partial charge on any atom is 0.419 e. The molecule has 1 aliphatic carbocycles. The molecular weight excluding hydrogens is 532 g/mol. The van der Waals surface area contributed by atoms with Crippen molar-refractivity contribution in [2.45, 2.75) is 58.7 Å². The molecule has 5 nitrogen and oxygen atoms in total. The normalized spacial score (nSPS) is 17.6. The van der Waals surface area contributed by atoms with Crippen molar-refractivity contribution in [3.05, 3.63) is 77.6 Å². The fourth-order valence-corrected chi connectivity index (χ4v) is 5.21. The van der Waals surface area contributed by atoms with E-state index >= 15 is 0 Å². The zero-order valence-corrected chi connectivity index (χ0v) is 24.1. The molecule has 4 aromatic rings. The van der Waals surface area contributed by atoms with Crippen LogP contribution < -0.4 is 10.2 Å². The Kier molecular flexibility index (Phi) is 10.0. The van der Waals surface area contributed by atoms with E-state index in [1.807, 2.05) is 50.2 Å². The lowest BCUT2D eigenvalue weighted by molar-refractivity contribution is -0.139. The number of furan rings is 1. The summed E-state index contributed by atoms with van der Waals surface area (Å²) in [6.45, 7) is 5.66. The van der Waals surface area contributed by atoms with Crippen LogP contribution in [0.15, 0.2) is 59.0 Å². The molecule has 1 N–H and O–H groups in total. The lowest BCUT2D eigenvalue weighted by Crippen LogP contribution is -2.22. The quantitative estimate of drug-likeness (QED) is 0.186. The minimum atomic E-state index is -4.73. The highest BCUT2D eigenvalue weighted by Crippen LogP contribution is 2.35. The van der Waals surface area contributed by atoms with Crippen LogP contribution in [-0.2, 0) is 12.7 Å². The Bertz CT molecular complexity index is 1430. The van der Waals surface area contributed by atoms with Gasteiger partial charge < -0.3 is 14.6 Å². The molecule has 1 fully saturated rings. The number of para-hydroxylation sites is 1. The van der Waals surface area contributed by atoms with Gasteiger partial charge in [-0.2, -0.15) is 13.2 Å². The average molecular weight is 571 g/mol. The number of halogens is 4. The molecule has 1 aliphatic rings. The zero-order chi connectivity index (χ0) is 29.6. The molecule has 0 aliphatic heterocycles. The second-order valence-corrected chi connectivity index (χ2v) is 11.1. The molecule has 5 rings (SSSR count). The number of nitrogens with one attached hydrogen (secondary N) is 1. The first-order chi connectivity index (χ1) is 19.5. The first kappa shape index (κ1) is 30.5. The number of nitrogens with zero attached hydrogens (tertiary/aromatic N) is 3. The van der Waals surface area contributed by atoms with Crippen molar-refractivity contribution < 1.29 is 22.0 Å². The standard InChI is InChI=1S/C21H25F4NO.C11H13N3/c1-14-3-2-4-15(6-5-14)12-26-13-17-8-10-20(27-17)16-7-9-19(22)18(11-16)21(23,24)25;1-8-12-10-7-5-4-6-9(10)11(13-8)14(2)3/h7-11,14-15,26H,2-6,12-13H2,1H3;4-7H,1-3H3/t14-,15?;/m0./s1. The van der Waals surface area contributed by atoms with Crippen molar-refractivity contribution in [1.29, 1.82) is 0 Å². The number of hydrogen-bond acceptors (Lipinski definition) is 5. The van der Waals surface area contributed by atoms with Crippen LogP contribution in [0.1, 0.15) is 56.2 Å². The number of aryl methyl sites for hydroxylation is 1. The van der Waals surface area contributed by atoms with Gasteiger partial charge >= 0.3 is 6.18 Å². The molecule has 2 heterocycles. The fourth-order valence-electron chi connectivity index (χ4n) is 5.21. The van der Waals surface area contributed by atoms with Crippen molar-refractivity contribution in [2.75, 3.05) is 25.5 Å². The molecule has 0 radical (unpaired) electrons. The van der Waals surface area contributed by atoms with E-state index in [9.17, 15) is 17.6 Å². The summed E-state index contributed by atoms with van der Waals surface area (Å²) >= 11 is 0. The summed E-state index contributed by atoms with van der Waals surface area (Å²) in [4.78, 5) is 10.8. The Hall–Kier alpha value is -3.46. The molecule has 9 heteroatoms. The third-order valence-electron chi connectivity index (χ3n) is 7.45. The van der Waals surface area contributed by atoms with Crippen LogP contribution in [0, 0.1) is 24.6 Å². The van der Waals surface area contributed by atoms with E-state index in [1.54, 1.807) is 12.1 Å². The predicted octanol–water partition coefficient (Wildman–Crippen LogP) is 8.41. The Morgan fingerprint density at radius 3 is 2.51 bits per heavy atom. The van der Waals surface area contributed by atoms with Gasteiger partial charge in [0.05, 0.1) is 17.6 Å². The van der Waals surface area contributed by atoms with Crippen LogP contribution in [0.2, 0.25) is 0 Å². The third kappa shape index (κ3) is 8.28. The van der Waals surface area contributed by atoms with Crippen LogP contribution in [0.25, 0.3) is 22.2 Å². The summed E-state index contributed by atoms with van der Waals surface area (Å²) < 4.78 is 57.7. The fraction of sp³-hybridized carbons (Fsp3) is 0.438. The number of alkyl halides is 3. The Morgan fingerprint density at radius 2 is 1.76 bits per heavy atom. The van der Waals surface area contributed by atoms with E-state index in [0.717, 1.165) is 47.1 Å². The summed E-state index contributed by atoms with van der Waals surface area (Å²) in [5.74, 6) is 2.94. The van der Waals surface area contributed by atoms with Crippen molar-refractivity contribution in [3.8, 4) is 11.3 Å². The van der Waals surface area contributed by atoms with Gasteiger partial charge in [-0.05, 0) is 80.6 Å². The second-order valence-electron chi connectivity index (χ2n) is 11.1. The molecule has 0 saturated heterocycles. The topological polar surface area (TPSA) is 54.2 Å². The van der Waals surface area contributed by atoms with Crippen LogP contribution >= 0.6 is 0 Å². The highest BCUT2D eigenvalue weighted by molar-refractivity contribution is 5.89. The molecule has 2 atom stereocenters. The smallest absolute Gasteiger partial charge is 0.419 e. The van der Waals surface area contributed by atoms with Crippen molar-refractivity contribution in [3.63, 3.8) is 0 Å². The first-order valence-electron chi connectivity index (χ1n) is 14.1. The maximum absolute atomic E-state index is 13.4. The Balaban J connectivity index is 0.000000231.